The topological polar surface area (TPSA) is 338 Å². The van der Waals surface area contributed by atoms with Crippen LogP contribution in [0.1, 0.15) is 57.4 Å². The molecule has 9 amide bonds. The minimum absolute atomic E-state index is 0.0781. The summed E-state index contributed by atoms with van der Waals surface area (Å²) in [4.78, 5) is 113. The van der Waals surface area contributed by atoms with Crippen LogP contribution in [0.25, 0.3) is 0 Å². The van der Waals surface area contributed by atoms with Gasteiger partial charge in [0.2, 0.25) is 24.0 Å². The lowest BCUT2D eigenvalue weighted by Gasteiger charge is -2.38. The number of rotatable bonds is 18. The third kappa shape index (κ3) is 12.5. The van der Waals surface area contributed by atoms with Gasteiger partial charge in [-0.2, -0.15) is 0 Å². The van der Waals surface area contributed by atoms with Crippen LogP contribution in [0.3, 0.4) is 0 Å². The molecule has 8 rings (SSSR count). The number of aliphatic hydroxyl groups excluding tert-OH is 3. The van der Waals surface area contributed by atoms with E-state index in [0.717, 1.165) is 39.3 Å². The van der Waals surface area contributed by atoms with Crippen LogP contribution in [-0.2, 0) is 71.1 Å². The average Bonchev–Trinajstić information content (AvgIpc) is 3.89. The fourth-order valence-corrected chi connectivity index (χ4v) is 8.24. The number of alkyl carbamates (subject to hydrolysis) is 1. The number of carboxylic acids is 1. The smallest absolute Gasteiger partial charge is 0.407 e. The van der Waals surface area contributed by atoms with E-state index in [9.17, 15) is 63.6 Å². The molecule has 6 atom stereocenters. The summed E-state index contributed by atoms with van der Waals surface area (Å²) in [6, 6.07) is 22.1. The van der Waals surface area contributed by atoms with E-state index in [1.165, 1.54) is 23.1 Å². The Hall–Kier alpha value is -8.71. The quantitative estimate of drug-likeness (QED) is 0.0634. The van der Waals surface area contributed by atoms with Crippen molar-refractivity contribution < 1.29 is 82.5 Å². The van der Waals surface area contributed by atoms with Gasteiger partial charge in [-0.05, 0) is 76.7 Å². The van der Waals surface area contributed by atoms with Crippen molar-refractivity contribution in [2.24, 2.45) is 0 Å². The maximum Gasteiger partial charge on any atom is 0.407 e. The van der Waals surface area contributed by atoms with Crippen LogP contribution >= 0.6 is 0 Å². The molecular formula is C50H49N7O17. The zero-order valence-electron chi connectivity index (χ0n) is 39.1. The van der Waals surface area contributed by atoms with Gasteiger partial charge in [-0.3, -0.25) is 39.0 Å². The van der Waals surface area contributed by atoms with E-state index in [-0.39, 0.29) is 81.9 Å². The van der Waals surface area contributed by atoms with Gasteiger partial charge in [0.25, 0.3) is 17.7 Å². The summed E-state index contributed by atoms with van der Waals surface area (Å²) < 4.78 is 22.2. The highest BCUT2D eigenvalue weighted by atomic mass is 16.7. The Morgan fingerprint density at radius 1 is 0.743 bits per heavy atom. The molecule has 24 heteroatoms. The van der Waals surface area contributed by atoms with Crippen LogP contribution in [0.15, 0.2) is 97.1 Å². The second-order valence-corrected chi connectivity index (χ2v) is 17.4. The third-order valence-electron chi connectivity index (χ3n) is 12.2. The molecular weight excluding hydrogens is 971 g/mol. The summed E-state index contributed by atoms with van der Waals surface area (Å²) in [7, 11) is 0. The second-order valence-electron chi connectivity index (χ2n) is 17.4. The highest BCUT2D eigenvalue weighted by Crippen LogP contribution is 2.32. The van der Waals surface area contributed by atoms with Crippen molar-refractivity contribution in [2.45, 2.75) is 88.9 Å². The van der Waals surface area contributed by atoms with Crippen molar-refractivity contribution in [3.63, 3.8) is 0 Å². The van der Waals surface area contributed by atoms with Gasteiger partial charge in [0.1, 0.15) is 49.1 Å². The molecule has 4 aliphatic heterocycles. The van der Waals surface area contributed by atoms with E-state index >= 15 is 0 Å². The first-order chi connectivity index (χ1) is 35.5. The maximum absolute atomic E-state index is 13.0. The molecule has 4 aromatic carbocycles. The molecule has 9 N–H and O–H groups in total. The number of hydrogen-bond acceptors (Lipinski definition) is 16. The zero-order chi connectivity index (χ0) is 52.6. The third-order valence-corrected chi connectivity index (χ3v) is 12.2. The molecule has 24 nitrogen and oxygen atoms in total. The van der Waals surface area contributed by atoms with E-state index in [2.05, 4.69) is 26.6 Å². The molecule has 4 aliphatic rings. The zero-order valence-corrected chi connectivity index (χ0v) is 39.1. The van der Waals surface area contributed by atoms with E-state index in [4.69, 9.17) is 18.9 Å². The Morgan fingerprint density at radius 3 is 2.15 bits per heavy atom. The molecule has 1 unspecified atom stereocenters. The number of carboxylic acid groups (broad SMARTS) is 1. The summed E-state index contributed by atoms with van der Waals surface area (Å²) in [5.41, 5.74) is 4.28. The lowest BCUT2D eigenvalue weighted by Crippen LogP contribution is -2.61. The fourth-order valence-electron chi connectivity index (χ4n) is 8.24. The largest absolute Gasteiger partial charge is 0.489 e. The predicted molar refractivity (Wildman–Crippen MR) is 253 cm³/mol. The monoisotopic (exact) mass is 1020 g/mol. The molecule has 386 valence electrons. The fraction of sp³-hybridized carbons (Fsp3) is 0.300. The number of urea groups is 1. The van der Waals surface area contributed by atoms with Gasteiger partial charge in [0.15, 0.2) is 6.10 Å². The maximum atomic E-state index is 13.0. The number of piperidine rings is 1. The average molecular weight is 1020 g/mol. The predicted octanol–water partition coefficient (Wildman–Crippen LogP) is 1.30. The van der Waals surface area contributed by atoms with Gasteiger partial charge in [0.05, 0.1) is 5.69 Å². The number of fused-ring (bicyclic) bond motifs is 1. The number of nitrogens with zero attached hydrogens (tertiary/aromatic N) is 2. The number of aliphatic carboxylic acids is 1. The van der Waals surface area contributed by atoms with Crippen LogP contribution in [0.2, 0.25) is 0 Å². The molecule has 4 aromatic rings. The summed E-state index contributed by atoms with van der Waals surface area (Å²) in [6.45, 7) is 0.132. The molecule has 0 bridgehead atoms. The van der Waals surface area contributed by atoms with Crippen molar-refractivity contribution in [3.05, 3.63) is 130 Å². The number of amides is 9. The number of benzene rings is 4. The summed E-state index contributed by atoms with van der Waals surface area (Å²) >= 11 is 0. The van der Waals surface area contributed by atoms with E-state index in [1.807, 2.05) is 18.2 Å². The number of aliphatic hydroxyl groups is 3. The molecule has 0 saturated carbocycles. The van der Waals surface area contributed by atoms with Gasteiger partial charge in [-0.1, -0.05) is 42.5 Å². The standard InChI is InChI=1S/C50H49N7O17/c58-37-14-12-35(45(65)55-37)57-23-30-19-28(5-11-33(30)46(57)66)22-51-49(69)53-31-7-9-32(10-8-31)71-24-27-3-1-26(2-4-27)21-52-50(70)72-25-29-6-13-36(73-48-43(64)41(62)42(63)44(74-48)47(67)68)34(20-29)54-38(59)17-18-56-39(60)15-16-40(56)61/h1-11,13,15-16,19-20,35,41-44,48,62-64H,12,14,17-18,21-25H2,(H,52,70)(H,54,59)(H,67,68)(H2,51,53,69)(H,55,58,65)/t35?,41-,42-,43+,44-,48+/m0/s1. The van der Waals surface area contributed by atoms with Crippen LogP contribution < -0.4 is 36.1 Å². The Balaban J connectivity index is 0.771. The molecule has 0 aromatic heterocycles. The summed E-state index contributed by atoms with van der Waals surface area (Å²) in [5.74, 6) is -4.29. The number of carbonyl (C=O) groups is 9. The van der Waals surface area contributed by atoms with Gasteiger partial charge in [-0.25, -0.2) is 14.4 Å². The molecule has 74 heavy (non-hydrogen) atoms. The van der Waals surface area contributed by atoms with Crippen molar-refractivity contribution in [2.75, 3.05) is 17.2 Å². The Kier molecular flexibility index (Phi) is 15.9. The SMILES string of the molecule is O=C1CCC(N2Cc3cc(CNC(=O)Nc4ccc(OCc5ccc(CNC(=O)OCc6ccc(O[C@@H]7O[C@H](C(=O)O)[C@@H](O)[C@H](O)[C@H]7O)c(NC(=O)CCN7C(=O)C=CC7=O)c6)cc5)cc4)ccc3C2=O)C(=O)N1. The van der Waals surface area contributed by atoms with E-state index in [1.54, 1.807) is 48.5 Å². The Bertz CT molecular complexity index is 2880. The lowest BCUT2D eigenvalue weighted by molar-refractivity contribution is -0.271. The van der Waals surface area contributed by atoms with Crippen LogP contribution in [0.5, 0.6) is 11.5 Å². The number of imide groups is 2. The highest BCUT2D eigenvalue weighted by Gasteiger charge is 2.48. The lowest BCUT2D eigenvalue weighted by atomic mass is 9.99. The molecule has 2 fully saturated rings. The van der Waals surface area contributed by atoms with Crippen molar-refractivity contribution >= 4 is 64.9 Å². The number of carbonyl (C=O) groups excluding carboxylic acids is 8. The van der Waals surface area contributed by atoms with E-state index < -0.39 is 78.5 Å². The minimum Gasteiger partial charge on any atom is -0.489 e. The molecule has 0 aliphatic carbocycles. The first kappa shape index (κ1) is 51.6. The molecule has 0 radical (unpaired) electrons. The highest BCUT2D eigenvalue weighted by molar-refractivity contribution is 6.13. The Morgan fingerprint density at radius 2 is 1.43 bits per heavy atom. The molecule has 2 saturated heterocycles. The summed E-state index contributed by atoms with van der Waals surface area (Å²) in [5, 5.41) is 53.3. The van der Waals surface area contributed by atoms with Crippen LogP contribution in [0, 0.1) is 0 Å². The van der Waals surface area contributed by atoms with Crippen molar-refractivity contribution in [3.8, 4) is 11.5 Å². The first-order valence-electron chi connectivity index (χ1n) is 23.1. The number of hydrogen-bond donors (Lipinski definition) is 9. The second kappa shape index (κ2) is 22.8. The summed E-state index contributed by atoms with van der Waals surface area (Å²) in [6.07, 6.45) is -8.25. The number of nitrogens with one attached hydrogen (secondary N) is 5. The first-order valence-corrected chi connectivity index (χ1v) is 23.1. The van der Waals surface area contributed by atoms with E-state index in [0.29, 0.717) is 22.6 Å². The number of ether oxygens (including phenoxy) is 4. The van der Waals surface area contributed by atoms with Crippen molar-refractivity contribution in [1.82, 2.24) is 25.8 Å². The van der Waals surface area contributed by atoms with Gasteiger partial charge < -0.3 is 65.5 Å². The molecule has 0 spiro atoms. The van der Waals surface area contributed by atoms with Crippen LogP contribution in [-0.4, -0.2) is 127 Å². The number of anilines is 2. The van der Waals surface area contributed by atoms with Gasteiger partial charge in [-0.15, -0.1) is 0 Å². The van der Waals surface area contributed by atoms with Crippen LogP contribution in [0.4, 0.5) is 21.0 Å². The molecule has 4 heterocycles. The normalized spacial score (nSPS) is 21.1. The van der Waals surface area contributed by atoms with Gasteiger partial charge in [0, 0.05) is 62.4 Å². The minimum atomic E-state index is -1.98. The van der Waals surface area contributed by atoms with Crippen molar-refractivity contribution in [1.29, 1.82) is 0 Å². The van der Waals surface area contributed by atoms with Gasteiger partial charge >= 0.3 is 18.1 Å². The Labute approximate surface area is 420 Å².